The molecular weight excluding hydrogens is 516 g/mol. The summed E-state index contributed by atoms with van der Waals surface area (Å²) in [7, 11) is 0. The zero-order chi connectivity index (χ0) is 28.3. The Bertz CT molecular complexity index is 1980. The summed E-state index contributed by atoms with van der Waals surface area (Å²) in [6.45, 7) is 0.468. The lowest BCUT2D eigenvalue weighted by atomic mass is 9.86. The number of nitrogens with zero attached hydrogens (tertiary/aromatic N) is 2. The van der Waals surface area contributed by atoms with Gasteiger partial charge in [0.15, 0.2) is 0 Å². The van der Waals surface area contributed by atoms with Crippen molar-refractivity contribution >= 4 is 10.8 Å². The van der Waals surface area contributed by atoms with Crippen LogP contribution >= 0.6 is 0 Å². The minimum atomic E-state index is -0.864. The minimum Gasteiger partial charge on any atom is -0.296 e. The molecule has 8 heteroatoms. The molecule has 0 saturated carbocycles. The molecule has 4 aromatic carbocycles. The first-order valence-electron chi connectivity index (χ1n) is 13.2. The Labute approximate surface area is 233 Å². The van der Waals surface area contributed by atoms with E-state index < -0.39 is 28.4 Å². The summed E-state index contributed by atoms with van der Waals surface area (Å²) in [5, 5.41) is 1.93. The third-order valence-electron chi connectivity index (χ3n) is 7.20. The monoisotopic (exact) mass is 542 g/mol. The maximum atomic E-state index is 13.4. The molecule has 0 spiro atoms. The van der Waals surface area contributed by atoms with Crippen molar-refractivity contribution in [2.45, 2.75) is 19.0 Å². The largest absolute Gasteiger partial charge is 0.328 e. The Morgan fingerprint density at radius 2 is 1.00 bits per heavy atom. The minimum absolute atomic E-state index is 0.214. The molecule has 0 atom stereocenters. The van der Waals surface area contributed by atoms with Gasteiger partial charge in [0, 0.05) is 29.4 Å². The zero-order valence-electron chi connectivity index (χ0n) is 22.0. The van der Waals surface area contributed by atoms with Gasteiger partial charge in [0.25, 0.3) is 11.1 Å². The molecule has 0 fully saturated rings. The molecule has 41 heavy (non-hydrogen) atoms. The molecule has 6 rings (SSSR count). The molecule has 2 aromatic heterocycles. The first kappa shape index (κ1) is 25.8. The number of benzene rings is 4. The molecule has 0 saturated heterocycles. The van der Waals surface area contributed by atoms with Gasteiger partial charge in [-0.3, -0.25) is 28.7 Å². The highest BCUT2D eigenvalue weighted by Gasteiger charge is 2.25. The van der Waals surface area contributed by atoms with Crippen LogP contribution in [0.2, 0.25) is 0 Å². The average molecular weight is 543 g/mol. The summed E-state index contributed by atoms with van der Waals surface area (Å²) >= 11 is 0. The summed E-state index contributed by atoms with van der Waals surface area (Å²) in [4.78, 5) is 57.3. The Morgan fingerprint density at radius 3 is 1.51 bits per heavy atom. The Kier molecular flexibility index (Phi) is 6.87. The van der Waals surface area contributed by atoms with Crippen molar-refractivity contribution in [3.63, 3.8) is 0 Å². The fourth-order valence-corrected chi connectivity index (χ4v) is 5.17. The van der Waals surface area contributed by atoms with Gasteiger partial charge in [-0.25, -0.2) is 9.59 Å². The van der Waals surface area contributed by atoms with Crippen LogP contribution in [0.15, 0.2) is 135 Å². The van der Waals surface area contributed by atoms with Crippen molar-refractivity contribution in [2.24, 2.45) is 0 Å². The van der Waals surface area contributed by atoms with Gasteiger partial charge in [0.1, 0.15) is 0 Å². The number of hydrogen-bond acceptors (Lipinski definition) is 4. The van der Waals surface area contributed by atoms with Crippen LogP contribution in [0.4, 0.5) is 0 Å². The smallest absolute Gasteiger partial charge is 0.296 e. The quantitative estimate of drug-likeness (QED) is 0.320. The average Bonchev–Trinajstić information content (AvgIpc) is 2.98. The normalized spacial score (nSPS) is 11.2. The van der Waals surface area contributed by atoms with Crippen LogP contribution in [-0.4, -0.2) is 19.1 Å². The summed E-state index contributed by atoms with van der Waals surface area (Å²) in [5.41, 5.74) is 0.557. The van der Waals surface area contributed by atoms with Gasteiger partial charge in [0.2, 0.25) is 0 Å². The molecule has 0 aliphatic carbocycles. The van der Waals surface area contributed by atoms with Gasteiger partial charge in [-0.05, 0) is 27.5 Å². The zero-order valence-corrected chi connectivity index (χ0v) is 22.0. The van der Waals surface area contributed by atoms with E-state index in [4.69, 9.17) is 0 Å². The molecule has 0 aliphatic rings. The second kappa shape index (κ2) is 10.9. The van der Waals surface area contributed by atoms with Crippen LogP contribution in [0.3, 0.4) is 0 Å². The fourth-order valence-electron chi connectivity index (χ4n) is 5.17. The van der Waals surface area contributed by atoms with E-state index in [1.165, 1.54) is 21.5 Å². The van der Waals surface area contributed by atoms with Gasteiger partial charge in [-0.2, -0.15) is 0 Å². The predicted octanol–water partition coefficient (Wildman–Crippen LogP) is 3.82. The number of hydrogen-bond donors (Lipinski definition) is 2. The lowest BCUT2D eigenvalue weighted by Crippen LogP contribution is -2.37. The summed E-state index contributed by atoms with van der Waals surface area (Å²) < 4.78 is 2.85. The summed E-state index contributed by atoms with van der Waals surface area (Å²) in [6, 6.07) is 32.4. The van der Waals surface area contributed by atoms with Crippen molar-refractivity contribution in [1.29, 1.82) is 0 Å². The first-order chi connectivity index (χ1) is 20.0. The maximum Gasteiger partial charge on any atom is 0.328 e. The molecule has 0 bridgehead atoms. The molecule has 0 unspecified atom stereocenters. The van der Waals surface area contributed by atoms with E-state index in [-0.39, 0.29) is 24.2 Å². The van der Waals surface area contributed by atoms with Gasteiger partial charge < -0.3 is 0 Å². The number of H-pyrrole nitrogens is 2. The van der Waals surface area contributed by atoms with E-state index in [0.29, 0.717) is 5.56 Å². The molecule has 6 aromatic rings. The van der Waals surface area contributed by atoms with Gasteiger partial charge in [-0.1, -0.05) is 103 Å². The second-order valence-corrected chi connectivity index (χ2v) is 9.95. The number of aromatic nitrogens is 4. The Hall–Kier alpha value is -5.50. The summed E-state index contributed by atoms with van der Waals surface area (Å²) in [6.07, 6.45) is 3.03. The van der Waals surface area contributed by atoms with Gasteiger partial charge in [0.05, 0.1) is 13.1 Å². The van der Waals surface area contributed by atoms with Crippen LogP contribution in [0, 0.1) is 0 Å². The van der Waals surface area contributed by atoms with Gasteiger partial charge >= 0.3 is 11.4 Å². The third kappa shape index (κ3) is 5.35. The molecule has 2 N–H and O–H groups in total. The number of rotatable bonds is 7. The highest BCUT2D eigenvalue weighted by molar-refractivity contribution is 5.83. The van der Waals surface area contributed by atoms with Crippen molar-refractivity contribution < 1.29 is 0 Å². The van der Waals surface area contributed by atoms with E-state index in [2.05, 4.69) is 9.97 Å². The lowest BCUT2D eigenvalue weighted by Gasteiger charge is -2.20. The molecule has 8 nitrogen and oxygen atoms in total. The molecule has 202 valence electrons. The van der Waals surface area contributed by atoms with E-state index in [1.54, 1.807) is 0 Å². The molecule has 0 amide bonds. The Morgan fingerprint density at radius 1 is 0.537 bits per heavy atom. The molecule has 2 heterocycles. The van der Waals surface area contributed by atoms with Crippen LogP contribution in [0.1, 0.15) is 33.7 Å². The maximum absolute atomic E-state index is 13.4. The van der Waals surface area contributed by atoms with Gasteiger partial charge in [-0.15, -0.1) is 0 Å². The standard InChI is InChI=1S/C33H26N4O4/c38-30-27(20-36(32(40)34-30)18-22-9-3-1-4-10-22)29(26-16-15-24-13-7-8-14-25(24)17-26)28-21-37(33(41)35-31(28)39)19-23-11-5-2-6-12-23/h1-17,20-21,29H,18-19H2,(H,34,38,40)(H,35,39,41). The van der Waals surface area contributed by atoms with Crippen molar-refractivity contribution in [3.8, 4) is 0 Å². The third-order valence-corrected chi connectivity index (χ3v) is 7.20. The summed E-state index contributed by atoms with van der Waals surface area (Å²) in [5.74, 6) is -0.864. The Balaban J connectivity index is 1.56. The van der Waals surface area contributed by atoms with Crippen LogP contribution in [-0.2, 0) is 13.1 Å². The molecule has 0 aliphatic heterocycles. The molecular formula is C33H26N4O4. The second-order valence-electron chi connectivity index (χ2n) is 9.95. The van der Waals surface area contributed by atoms with Crippen LogP contribution < -0.4 is 22.5 Å². The van der Waals surface area contributed by atoms with Crippen molar-refractivity contribution in [1.82, 2.24) is 19.1 Å². The highest BCUT2D eigenvalue weighted by Crippen LogP contribution is 2.30. The van der Waals surface area contributed by atoms with Crippen LogP contribution in [0.25, 0.3) is 10.8 Å². The van der Waals surface area contributed by atoms with E-state index >= 15 is 0 Å². The lowest BCUT2D eigenvalue weighted by molar-refractivity contribution is 0.683. The van der Waals surface area contributed by atoms with E-state index in [9.17, 15) is 19.2 Å². The van der Waals surface area contributed by atoms with E-state index in [0.717, 1.165) is 21.9 Å². The number of nitrogens with one attached hydrogen (secondary N) is 2. The number of aromatic amines is 2. The van der Waals surface area contributed by atoms with Crippen molar-refractivity contribution in [3.05, 3.63) is 185 Å². The first-order valence-corrected chi connectivity index (χ1v) is 13.2. The van der Waals surface area contributed by atoms with E-state index in [1.807, 2.05) is 103 Å². The molecule has 0 radical (unpaired) electrons. The number of fused-ring (bicyclic) bond motifs is 1. The topological polar surface area (TPSA) is 110 Å². The highest BCUT2D eigenvalue weighted by atomic mass is 16.2. The predicted molar refractivity (Wildman–Crippen MR) is 159 cm³/mol. The fraction of sp³-hybridized carbons (Fsp3) is 0.0909. The van der Waals surface area contributed by atoms with Crippen molar-refractivity contribution in [2.75, 3.05) is 0 Å². The van der Waals surface area contributed by atoms with Crippen LogP contribution in [0.5, 0.6) is 0 Å². The SMILES string of the molecule is O=c1[nH]c(=O)n(Cc2ccccc2)cc1C(c1ccc2ccccc2c1)c1cn(Cc2ccccc2)c(=O)[nH]c1=O.